The lowest BCUT2D eigenvalue weighted by molar-refractivity contribution is 0.360. The van der Waals surface area contributed by atoms with Gasteiger partial charge in [0.1, 0.15) is 9.39 Å². The summed E-state index contributed by atoms with van der Waals surface area (Å²) in [4.78, 5) is 18.1. The largest absolute Gasteiger partial charge is 0.366 e. The van der Waals surface area contributed by atoms with Crippen molar-refractivity contribution in [3.63, 3.8) is 0 Å². The van der Waals surface area contributed by atoms with E-state index in [9.17, 15) is 4.79 Å². The number of aromatic nitrogens is 2. The zero-order valence-corrected chi connectivity index (χ0v) is 11.5. The Hall–Kier alpha value is -0.590. The minimum Gasteiger partial charge on any atom is -0.366 e. The van der Waals surface area contributed by atoms with Crippen LogP contribution in [0, 0.1) is 9.49 Å². The number of nitrogens with one attached hydrogen (secondary N) is 2. The van der Waals surface area contributed by atoms with Crippen molar-refractivity contribution >= 4 is 28.4 Å². The van der Waals surface area contributed by atoms with E-state index in [0.717, 1.165) is 11.7 Å². The smallest absolute Gasteiger partial charge is 0.266 e. The Balaban J connectivity index is 2.04. The highest BCUT2D eigenvalue weighted by Gasteiger charge is 2.19. The zero-order chi connectivity index (χ0) is 11.5. The lowest BCUT2D eigenvalue weighted by Crippen LogP contribution is -2.27. The SMILES string of the molecule is CC1CCC(Nc2nc[nH]c(=O)c2I)CC1. The molecule has 1 aliphatic carbocycles. The lowest BCUT2D eigenvalue weighted by atomic mass is 9.87. The molecule has 0 aromatic carbocycles. The van der Waals surface area contributed by atoms with Crippen molar-refractivity contribution in [1.82, 2.24) is 9.97 Å². The Morgan fingerprint density at radius 2 is 2.12 bits per heavy atom. The van der Waals surface area contributed by atoms with E-state index in [1.165, 1.54) is 32.0 Å². The van der Waals surface area contributed by atoms with Gasteiger partial charge in [-0.2, -0.15) is 0 Å². The molecule has 1 heterocycles. The highest BCUT2D eigenvalue weighted by molar-refractivity contribution is 14.1. The molecular weight excluding hydrogens is 317 g/mol. The van der Waals surface area contributed by atoms with Crippen molar-refractivity contribution in [3.8, 4) is 0 Å². The van der Waals surface area contributed by atoms with Crippen molar-refractivity contribution in [2.45, 2.75) is 38.6 Å². The number of aromatic amines is 1. The first-order valence-corrected chi connectivity index (χ1v) is 6.74. The Labute approximate surface area is 108 Å². The Morgan fingerprint density at radius 3 is 2.81 bits per heavy atom. The van der Waals surface area contributed by atoms with E-state index in [1.807, 2.05) is 22.6 Å². The fraction of sp³-hybridized carbons (Fsp3) is 0.636. The molecule has 4 nitrogen and oxygen atoms in total. The van der Waals surface area contributed by atoms with Crippen LogP contribution >= 0.6 is 22.6 Å². The van der Waals surface area contributed by atoms with E-state index in [2.05, 4.69) is 22.2 Å². The zero-order valence-electron chi connectivity index (χ0n) is 9.29. The third kappa shape index (κ3) is 2.75. The number of hydrogen-bond acceptors (Lipinski definition) is 3. The maximum absolute atomic E-state index is 11.4. The van der Waals surface area contributed by atoms with Gasteiger partial charge in [-0.1, -0.05) is 6.92 Å². The van der Waals surface area contributed by atoms with E-state index in [-0.39, 0.29) is 5.56 Å². The van der Waals surface area contributed by atoms with Crippen LogP contribution in [0.5, 0.6) is 0 Å². The second-order valence-electron chi connectivity index (χ2n) is 4.50. The fourth-order valence-corrected chi connectivity index (χ4v) is 2.53. The molecule has 1 fully saturated rings. The molecular formula is C11H16IN3O. The molecule has 0 amide bonds. The first-order chi connectivity index (χ1) is 7.66. The number of H-pyrrole nitrogens is 1. The summed E-state index contributed by atoms with van der Waals surface area (Å²) in [5.41, 5.74) is -0.0673. The average Bonchev–Trinajstić information content (AvgIpc) is 2.28. The van der Waals surface area contributed by atoms with Gasteiger partial charge < -0.3 is 10.3 Å². The molecule has 5 heteroatoms. The minimum atomic E-state index is -0.0673. The maximum Gasteiger partial charge on any atom is 0.266 e. The second-order valence-corrected chi connectivity index (χ2v) is 5.57. The van der Waals surface area contributed by atoms with Crippen molar-refractivity contribution in [2.24, 2.45) is 5.92 Å². The van der Waals surface area contributed by atoms with E-state index in [0.29, 0.717) is 9.61 Å². The minimum absolute atomic E-state index is 0.0673. The molecule has 0 unspecified atom stereocenters. The van der Waals surface area contributed by atoms with Crippen LogP contribution < -0.4 is 10.9 Å². The molecule has 1 saturated carbocycles. The van der Waals surface area contributed by atoms with E-state index in [1.54, 1.807) is 0 Å². The summed E-state index contributed by atoms with van der Waals surface area (Å²) in [5, 5.41) is 3.37. The number of anilines is 1. The van der Waals surface area contributed by atoms with Crippen LogP contribution in [0.2, 0.25) is 0 Å². The Kier molecular flexibility index (Phi) is 3.83. The summed E-state index contributed by atoms with van der Waals surface area (Å²) >= 11 is 2.04. The molecule has 16 heavy (non-hydrogen) atoms. The van der Waals surface area contributed by atoms with Gasteiger partial charge in [-0.3, -0.25) is 4.79 Å². The van der Waals surface area contributed by atoms with E-state index >= 15 is 0 Å². The number of hydrogen-bond donors (Lipinski definition) is 2. The molecule has 0 atom stereocenters. The summed E-state index contributed by atoms with van der Waals surface area (Å²) in [5.74, 6) is 1.56. The van der Waals surface area contributed by atoms with Gasteiger partial charge in [-0.15, -0.1) is 0 Å². The van der Waals surface area contributed by atoms with Gasteiger partial charge in [0.2, 0.25) is 0 Å². The summed E-state index contributed by atoms with van der Waals surface area (Å²) in [6.07, 6.45) is 6.32. The normalized spacial score (nSPS) is 25.4. The Morgan fingerprint density at radius 1 is 1.44 bits per heavy atom. The number of halogens is 1. The lowest BCUT2D eigenvalue weighted by Gasteiger charge is -2.27. The van der Waals surface area contributed by atoms with Crippen LogP contribution in [0.4, 0.5) is 5.82 Å². The van der Waals surface area contributed by atoms with Crippen LogP contribution in [-0.2, 0) is 0 Å². The van der Waals surface area contributed by atoms with Crippen LogP contribution in [0.3, 0.4) is 0 Å². The monoisotopic (exact) mass is 333 g/mol. The quantitative estimate of drug-likeness (QED) is 0.817. The highest BCUT2D eigenvalue weighted by atomic mass is 127. The summed E-state index contributed by atoms with van der Waals surface area (Å²) in [6, 6.07) is 0.471. The summed E-state index contributed by atoms with van der Waals surface area (Å²) in [6.45, 7) is 2.30. The first-order valence-electron chi connectivity index (χ1n) is 5.66. The molecule has 1 aliphatic rings. The average molecular weight is 333 g/mol. The molecule has 0 radical (unpaired) electrons. The summed E-state index contributed by atoms with van der Waals surface area (Å²) in [7, 11) is 0. The van der Waals surface area contributed by atoms with Gasteiger partial charge in [0.25, 0.3) is 5.56 Å². The van der Waals surface area contributed by atoms with E-state index < -0.39 is 0 Å². The third-order valence-corrected chi connectivity index (χ3v) is 4.15. The topological polar surface area (TPSA) is 57.8 Å². The van der Waals surface area contributed by atoms with Gasteiger partial charge in [-0.25, -0.2) is 4.98 Å². The highest BCUT2D eigenvalue weighted by Crippen LogP contribution is 2.25. The van der Waals surface area contributed by atoms with Gasteiger partial charge in [0.05, 0.1) is 6.33 Å². The number of nitrogens with zero attached hydrogens (tertiary/aromatic N) is 1. The third-order valence-electron chi connectivity index (χ3n) is 3.15. The first kappa shape index (κ1) is 11.9. The van der Waals surface area contributed by atoms with Crippen molar-refractivity contribution in [1.29, 1.82) is 0 Å². The van der Waals surface area contributed by atoms with E-state index in [4.69, 9.17) is 0 Å². The van der Waals surface area contributed by atoms with Crippen molar-refractivity contribution in [2.75, 3.05) is 5.32 Å². The summed E-state index contributed by atoms with van der Waals surface area (Å²) < 4.78 is 0.652. The van der Waals surface area contributed by atoms with Crippen LogP contribution in [-0.4, -0.2) is 16.0 Å². The molecule has 1 aromatic heterocycles. The molecule has 0 saturated heterocycles. The van der Waals surface area contributed by atoms with Crippen molar-refractivity contribution in [3.05, 3.63) is 20.3 Å². The van der Waals surface area contributed by atoms with Crippen molar-refractivity contribution < 1.29 is 0 Å². The molecule has 2 rings (SSSR count). The molecule has 0 bridgehead atoms. The Bertz CT molecular complexity index is 410. The van der Waals surface area contributed by atoms with Crippen LogP contribution in [0.1, 0.15) is 32.6 Å². The molecule has 2 N–H and O–H groups in total. The molecule has 0 spiro atoms. The molecule has 0 aliphatic heterocycles. The predicted molar refractivity (Wildman–Crippen MR) is 72.6 cm³/mol. The standard InChI is InChI=1S/C11H16IN3O/c1-7-2-4-8(5-3-7)15-10-9(12)11(16)14-6-13-10/h6-8H,2-5H2,1H3,(H2,13,14,15,16). The molecule has 1 aromatic rings. The maximum atomic E-state index is 11.4. The second kappa shape index (κ2) is 5.16. The number of rotatable bonds is 2. The van der Waals surface area contributed by atoms with Gasteiger partial charge in [0, 0.05) is 6.04 Å². The predicted octanol–water partition coefficient (Wildman–Crippen LogP) is 2.37. The van der Waals surface area contributed by atoms with Crippen LogP contribution in [0.25, 0.3) is 0 Å². The molecule has 88 valence electrons. The fourth-order valence-electron chi connectivity index (χ4n) is 2.08. The van der Waals surface area contributed by atoms with Crippen LogP contribution in [0.15, 0.2) is 11.1 Å². The van der Waals surface area contributed by atoms with Gasteiger partial charge in [-0.05, 0) is 54.2 Å². The van der Waals surface area contributed by atoms with Gasteiger partial charge in [0.15, 0.2) is 0 Å². The van der Waals surface area contributed by atoms with Gasteiger partial charge >= 0.3 is 0 Å².